The van der Waals surface area contributed by atoms with Gasteiger partial charge in [0.15, 0.2) is 0 Å². The van der Waals surface area contributed by atoms with Gasteiger partial charge in [-0.15, -0.1) is 0 Å². The molecule has 21 heavy (non-hydrogen) atoms. The summed E-state index contributed by atoms with van der Waals surface area (Å²) in [6.07, 6.45) is 8.75. The molecule has 0 aromatic carbocycles. The Kier molecular flexibility index (Phi) is 13.8. The van der Waals surface area contributed by atoms with E-state index in [-0.39, 0.29) is 6.10 Å². The highest BCUT2D eigenvalue weighted by molar-refractivity contribution is 7.48. The number of unbranched alkanes of at least 4 members (excludes halogenated alkanes) is 3. The highest BCUT2D eigenvalue weighted by Crippen LogP contribution is 2.51. The molecule has 0 fully saturated rings. The van der Waals surface area contributed by atoms with Crippen molar-refractivity contribution >= 4 is 7.82 Å². The van der Waals surface area contributed by atoms with Gasteiger partial charge in [-0.25, -0.2) is 4.57 Å². The van der Waals surface area contributed by atoms with Crippen molar-refractivity contribution in [3.63, 3.8) is 0 Å². The average molecular weight is 322 g/mol. The first-order valence-corrected chi connectivity index (χ1v) is 10.1. The van der Waals surface area contributed by atoms with Gasteiger partial charge in [-0.1, -0.05) is 59.8 Å². The number of phosphoric acid groups is 1. The van der Waals surface area contributed by atoms with Crippen LogP contribution in [0.3, 0.4) is 0 Å². The van der Waals surface area contributed by atoms with Crippen molar-refractivity contribution in [3.8, 4) is 0 Å². The molecule has 128 valence electrons. The van der Waals surface area contributed by atoms with Crippen molar-refractivity contribution in [2.75, 3.05) is 13.2 Å². The Balaban J connectivity index is 4.53. The summed E-state index contributed by atoms with van der Waals surface area (Å²) >= 11 is 0. The van der Waals surface area contributed by atoms with E-state index in [0.717, 1.165) is 57.8 Å². The molecule has 0 radical (unpaired) electrons. The molecule has 0 amide bonds. The van der Waals surface area contributed by atoms with Crippen molar-refractivity contribution in [1.82, 2.24) is 0 Å². The Morgan fingerprint density at radius 3 is 1.71 bits per heavy atom. The summed E-state index contributed by atoms with van der Waals surface area (Å²) in [7, 11) is -3.40. The van der Waals surface area contributed by atoms with Gasteiger partial charge in [0.2, 0.25) is 0 Å². The van der Waals surface area contributed by atoms with E-state index in [1.807, 2.05) is 0 Å². The first-order chi connectivity index (χ1) is 10.1. The highest BCUT2D eigenvalue weighted by Gasteiger charge is 2.30. The van der Waals surface area contributed by atoms with Crippen LogP contribution in [0.1, 0.15) is 85.5 Å². The molecule has 0 saturated heterocycles. The van der Waals surface area contributed by atoms with Crippen molar-refractivity contribution in [2.24, 2.45) is 0 Å². The van der Waals surface area contributed by atoms with Gasteiger partial charge in [-0.3, -0.25) is 13.6 Å². The Hall–Kier alpha value is 0.110. The summed E-state index contributed by atoms with van der Waals surface area (Å²) in [6.45, 7) is 9.29. The fourth-order valence-electron chi connectivity index (χ4n) is 1.93. The molecule has 0 aromatic heterocycles. The SMILES string of the molecule is CCCCOP(=O)(OCCCC)OC(CCC)CCCC. The van der Waals surface area contributed by atoms with Gasteiger partial charge in [0.1, 0.15) is 0 Å². The number of hydrogen-bond acceptors (Lipinski definition) is 4. The van der Waals surface area contributed by atoms with Crippen molar-refractivity contribution in [3.05, 3.63) is 0 Å². The molecule has 0 N–H and O–H groups in total. The fraction of sp³-hybridized carbons (Fsp3) is 1.00. The second kappa shape index (κ2) is 13.8. The van der Waals surface area contributed by atoms with Crippen LogP contribution in [-0.2, 0) is 18.1 Å². The van der Waals surface area contributed by atoms with E-state index in [9.17, 15) is 4.57 Å². The molecule has 0 aliphatic heterocycles. The normalized spacial score (nSPS) is 13.5. The van der Waals surface area contributed by atoms with Crippen LogP contribution in [0.2, 0.25) is 0 Å². The van der Waals surface area contributed by atoms with E-state index in [1.54, 1.807) is 0 Å². The van der Waals surface area contributed by atoms with E-state index >= 15 is 0 Å². The third-order valence-electron chi connectivity index (χ3n) is 3.26. The molecule has 0 heterocycles. The lowest BCUT2D eigenvalue weighted by Gasteiger charge is -2.24. The largest absolute Gasteiger partial charge is 0.475 e. The van der Waals surface area contributed by atoms with Crippen LogP contribution in [0.5, 0.6) is 0 Å². The highest BCUT2D eigenvalue weighted by atomic mass is 31.2. The zero-order chi connectivity index (χ0) is 16.0. The van der Waals surface area contributed by atoms with Gasteiger partial charge in [0, 0.05) is 0 Å². The lowest BCUT2D eigenvalue weighted by atomic mass is 10.1. The molecule has 5 heteroatoms. The molecule has 4 nitrogen and oxygen atoms in total. The number of phosphoric ester groups is 1. The van der Waals surface area contributed by atoms with Crippen LogP contribution in [0.15, 0.2) is 0 Å². The molecule has 1 atom stereocenters. The second-order valence-electron chi connectivity index (χ2n) is 5.48. The van der Waals surface area contributed by atoms with Gasteiger partial charge < -0.3 is 0 Å². The van der Waals surface area contributed by atoms with Crippen LogP contribution in [0, 0.1) is 0 Å². The van der Waals surface area contributed by atoms with Gasteiger partial charge in [-0.2, -0.15) is 0 Å². The standard InChI is InChI=1S/C16H35O4P/c1-5-9-13-16(12-8-4)20-21(17,18-14-10-6-2)19-15-11-7-3/h16H,5-15H2,1-4H3. The van der Waals surface area contributed by atoms with Crippen LogP contribution in [0.4, 0.5) is 0 Å². The maximum absolute atomic E-state index is 12.7. The topological polar surface area (TPSA) is 44.8 Å². The Bertz CT molecular complexity index is 257. The summed E-state index contributed by atoms with van der Waals surface area (Å²) in [6, 6.07) is 0. The minimum absolute atomic E-state index is 0.0240. The lowest BCUT2D eigenvalue weighted by molar-refractivity contribution is 0.0680. The predicted molar refractivity (Wildman–Crippen MR) is 88.6 cm³/mol. The van der Waals surface area contributed by atoms with Crippen LogP contribution in [-0.4, -0.2) is 19.3 Å². The summed E-state index contributed by atoms with van der Waals surface area (Å²) in [5.74, 6) is 0. The summed E-state index contributed by atoms with van der Waals surface area (Å²) in [4.78, 5) is 0. The Morgan fingerprint density at radius 1 is 0.762 bits per heavy atom. The predicted octanol–water partition coefficient (Wildman–Crippen LogP) is 6.10. The fourth-order valence-corrected chi connectivity index (χ4v) is 3.40. The maximum Gasteiger partial charge on any atom is 0.475 e. The van der Waals surface area contributed by atoms with E-state index in [4.69, 9.17) is 13.6 Å². The van der Waals surface area contributed by atoms with Crippen LogP contribution >= 0.6 is 7.82 Å². The molecule has 0 saturated carbocycles. The summed E-state index contributed by atoms with van der Waals surface area (Å²) in [5, 5.41) is 0. The third-order valence-corrected chi connectivity index (χ3v) is 4.82. The second-order valence-corrected chi connectivity index (χ2v) is 7.10. The molecular formula is C16H35O4P. The number of rotatable bonds is 15. The maximum atomic E-state index is 12.7. The van der Waals surface area contributed by atoms with Gasteiger partial charge in [0.25, 0.3) is 0 Å². The van der Waals surface area contributed by atoms with Gasteiger partial charge in [-0.05, 0) is 25.7 Å². The molecule has 0 bridgehead atoms. The van der Waals surface area contributed by atoms with Crippen LogP contribution in [0.25, 0.3) is 0 Å². The molecule has 0 rings (SSSR count). The zero-order valence-electron chi connectivity index (χ0n) is 14.4. The van der Waals surface area contributed by atoms with E-state index in [0.29, 0.717) is 13.2 Å². The molecule has 0 aromatic rings. The van der Waals surface area contributed by atoms with E-state index in [1.165, 1.54) is 0 Å². The Morgan fingerprint density at radius 2 is 1.29 bits per heavy atom. The Labute approximate surface area is 131 Å². The first-order valence-electron chi connectivity index (χ1n) is 8.69. The third kappa shape index (κ3) is 11.3. The molecule has 0 aliphatic rings. The molecule has 1 unspecified atom stereocenters. The van der Waals surface area contributed by atoms with Crippen molar-refractivity contribution in [2.45, 2.75) is 91.6 Å². The van der Waals surface area contributed by atoms with E-state index in [2.05, 4.69) is 27.7 Å². The van der Waals surface area contributed by atoms with Crippen LogP contribution < -0.4 is 0 Å². The lowest BCUT2D eigenvalue weighted by Crippen LogP contribution is -2.14. The zero-order valence-corrected chi connectivity index (χ0v) is 15.3. The molecular weight excluding hydrogens is 287 g/mol. The van der Waals surface area contributed by atoms with Crippen molar-refractivity contribution in [1.29, 1.82) is 0 Å². The molecule has 0 aliphatic carbocycles. The van der Waals surface area contributed by atoms with Gasteiger partial charge >= 0.3 is 7.82 Å². The smallest absolute Gasteiger partial charge is 0.287 e. The molecule has 0 spiro atoms. The minimum atomic E-state index is -3.40. The first kappa shape index (κ1) is 21.1. The summed E-state index contributed by atoms with van der Waals surface area (Å²) < 4.78 is 29.5. The van der Waals surface area contributed by atoms with Gasteiger partial charge in [0.05, 0.1) is 19.3 Å². The van der Waals surface area contributed by atoms with Crippen molar-refractivity contribution < 1.29 is 18.1 Å². The monoisotopic (exact) mass is 322 g/mol. The van der Waals surface area contributed by atoms with E-state index < -0.39 is 7.82 Å². The number of hydrogen-bond donors (Lipinski definition) is 0. The average Bonchev–Trinajstić information content (AvgIpc) is 2.45. The quantitative estimate of drug-likeness (QED) is 0.270. The minimum Gasteiger partial charge on any atom is -0.287 e. The summed E-state index contributed by atoms with van der Waals surface area (Å²) in [5.41, 5.74) is 0.